The standard InChI is InChI=1S/C41H52F3N3O9S/c1-6-25-17-24(2)11-7-8-12-26-20-40(26,38(51)46-57(52,53)28-15-16-28)21-33(48)32-18-27(55-36-30-14-10-9-13-29(30)34(54-5)22-45-36)23-47(32)37(50)31(25)19-35(49)56-39(3,4)41(42,43)44/h8-10,12-14,22,24-28,31-32H,6-7,11,15-21,23H2,1-5H3,(H,46,51)/b12-8-/t24-,25+,26+,27+,31-,32-,40+/m0/s1/i3D3,4D3. The molecular formula is C41H52F3N3O9S. The van der Waals surface area contributed by atoms with E-state index in [1.165, 1.54) is 13.3 Å². The number of benzene rings is 1. The summed E-state index contributed by atoms with van der Waals surface area (Å²) in [7, 11) is -2.56. The largest absolute Gasteiger partial charge is 0.494 e. The fourth-order valence-electron chi connectivity index (χ4n) is 8.25. The van der Waals surface area contributed by atoms with Crippen LogP contribution >= 0.6 is 0 Å². The first-order chi connectivity index (χ1) is 29.3. The number of alkyl halides is 3. The van der Waals surface area contributed by atoms with E-state index in [-0.39, 0.29) is 44.0 Å². The first-order valence-corrected chi connectivity index (χ1v) is 20.8. The predicted octanol–water partition coefficient (Wildman–Crippen LogP) is 6.46. The van der Waals surface area contributed by atoms with Crippen molar-refractivity contribution in [3.8, 4) is 11.6 Å². The van der Waals surface area contributed by atoms with Gasteiger partial charge in [0.05, 0.1) is 48.9 Å². The number of hydrogen-bond acceptors (Lipinski definition) is 10. The number of pyridine rings is 1. The van der Waals surface area contributed by atoms with Crippen molar-refractivity contribution in [2.24, 2.45) is 29.1 Å². The second-order valence-electron chi connectivity index (χ2n) is 15.9. The van der Waals surface area contributed by atoms with E-state index in [4.69, 9.17) is 17.7 Å². The molecule has 0 spiro atoms. The summed E-state index contributed by atoms with van der Waals surface area (Å²) in [6, 6.07) is 5.63. The summed E-state index contributed by atoms with van der Waals surface area (Å²) in [5, 5.41) is 0.426. The summed E-state index contributed by atoms with van der Waals surface area (Å²) in [4.78, 5) is 63.0. The molecule has 12 nitrogen and oxygen atoms in total. The van der Waals surface area contributed by atoms with E-state index >= 15 is 4.79 Å². The molecular weight excluding hydrogens is 768 g/mol. The summed E-state index contributed by atoms with van der Waals surface area (Å²) < 4.78 is 134. The number of allylic oxidation sites excluding steroid dienone is 2. The predicted molar refractivity (Wildman–Crippen MR) is 203 cm³/mol. The number of nitrogens with one attached hydrogen (secondary N) is 1. The number of esters is 1. The average molecular weight is 826 g/mol. The minimum Gasteiger partial charge on any atom is -0.494 e. The van der Waals surface area contributed by atoms with Gasteiger partial charge in [-0.2, -0.15) is 13.2 Å². The third-order valence-electron chi connectivity index (χ3n) is 11.8. The number of ether oxygens (including phenoxy) is 3. The highest BCUT2D eigenvalue weighted by molar-refractivity contribution is 7.90. The van der Waals surface area contributed by atoms with Crippen molar-refractivity contribution in [1.82, 2.24) is 14.6 Å². The molecule has 2 amide bonds. The van der Waals surface area contributed by atoms with Gasteiger partial charge in [-0.05, 0) is 76.0 Å². The van der Waals surface area contributed by atoms with Gasteiger partial charge in [-0.1, -0.05) is 50.6 Å². The minimum absolute atomic E-state index is 0.116. The van der Waals surface area contributed by atoms with Crippen molar-refractivity contribution < 1.29 is 63.2 Å². The number of sulfonamides is 1. The second-order valence-corrected chi connectivity index (χ2v) is 17.9. The summed E-state index contributed by atoms with van der Waals surface area (Å²) >= 11 is 0. The van der Waals surface area contributed by atoms with Crippen molar-refractivity contribution in [2.45, 2.75) is 121 Å². The van der Waals surface area contributed by atoms with Gasteiger partial charge in [0.2, 0.25) is 33.3 Å². The number of carbonyl (C=O) groups excluding carboxylic acids is 4. The van der Waals surface area contributed by atoms with Crippen LogP contribution < -0.4 is 14.2 Å². The summed E-state index contributed by atoms with van der Waals surface area (Å²) in [5.41, 5.74) is -6.42. The molecule has 3 fully saturated rings. The Balaban J connectivity index is 1.41. The molecule has 0 bridgehead atoms. The molecule has 1 aromatic heterocycles. The monoisotopic (exact) mass is 825 g/mol. The molecule has 6 rings (SSSR count). The highest BCUT2D eigenvalue weighted by atomic mass is 32.2. The van der Waals surface area contributed by atoms with Crippen LogP contribution in [0.1, 0.15) is 100.0 Å². The molecule has 4 aliphatic rings. The fraction of sp³-hybridized carbons (Fsp3) is 0.634. The molecule has 0 unspecified atom stereocenters. The lowest BCUT2D eigenvalue weighted by Crippen LogP contribution is -2.48. The number of carbonyl (C=O) groups is 4. The van der Waals surface area contributed by atoms with Crippen molar-refractivity contribution in [3.05, 3.63) is 42.6 Å². The van der Waals surface area contributed by atoms with Crippen LogP contribution in [0.15, 0.2) is 42.6 Å². The first-order valence-electron chi connectivity index (χ1n) is 22.2. The van der Waals surface area contributed by atoms with Gasteiger partial charge in [-0.15, -0.1) is 0 Å². The van der Waals surface area contributed by atoms with Gasteiger partial charge in [0, 0.05) is 31.8 Å². The maximum absolute atomic E-state index is 15.1. The lowest BCUT2D eigenvalue weighted by atomic mass is 9.79. The third-order valence-corrected chi connectivity index (χ3v) is 13.6. The average Bonchev–Trinajstić information content (AvgIpc) is 4.12. The van der Waals surface area contributed by atoms with E-state index in [1.807, 2.05) is 13.0 Å². The van der Waals surface area contributed by atoms with Gasteiger partial charge in [0.1, 0.15) is 11.9 Å². The first kappa shape index (κ1) is 34.8. The van der Waals surface area contributed by atoms with E-state index < -0.39 is 112 Å². The van der Waals surface area contributed by atoms with Crippen molar-refractivity contribution >= 4 is 44.4 Å². The Labute approximate surface area is 339 Å². The quantitative estimate of drug-likeness (QED) is 0.208. The zero-order valence-electron chi connectivity index (χ0n) is 38.0. The molecule has 312 valence electrons. The van der Waals surface area contributed by atoms with Crippen LogP contribution in [0.25, 0.3) is 10.8 Å². The molecule has 2 saturated carbocycles. The van der Waals surface area contributed by atoms with E-state index in [1.54, 1.807) is 37.3 Å². The lowest BCUT2D eigenvalue weighted by molar-refractivity contribution is -0.257. The molecule has 1 saturated heterocycles. The zero-order chi connectivity index (χ0) is 46.5. The van der Waals surface area contributed by atoms with E-state index in [0.29, 0.717) is 42.2 Å². The van der Waals surface area contributed by atoms with Crippen LogP contribution in [0, 0.1) is 29.1 Å². The molecule has 1 aromatic carbocycles. The van der Waals surface area contributed by atoms with E-state index in [9.17, 15) is 36.0 Å². The van der Waals surface area contributed by atoms with E-state index in [0.717, 1.165) is 4.90 Å². The van der Waals surface area contributed by atoms with Crippen LogP contribution in [0.2, 0.25) is 0 Å². The Morgan fingerprint density at radius 1 is 1.11 bits per heavy atom. The Bertz CT molecular complexity index is 2200. The van der Waals surface area contributed by atoms with E-state index in [2.05, 4.69) is 14.4 Å². The highest BCUT2D eigenvalue weighted by Crippen LogP contribution is 2.57. The molecule has 1 N–H and O–H groups in total. The van der Waals surface area contributed by atoms with Gasteiger partial charge in [-0.3, -0.25) is 23.9 Å². The number of aromatic nitrogens is 1. The van der Waals surface area contributed by atoms with Crippen LogP contribution in [-0.4, -0.2) is 84.7 Å². The Hall–Kier alpha value is -4.21. The Morgan fingerprint density at radius 2 is 1.82 bits per heavy atom. The molecule has 16 heteroatoms. The number of methoxy groups -OCH3 is 1. The number of Topliss-reactive ketones (excluding diaryl/α,β-unsaturated/α-hetero) is 1. The number of ketones is 1. The van der Waals surface area contributed by atoms with Crippen molar-refractivity contribution in [3.63, 3.8) is 0 Å². The van der Waals surface area contributed by atoms with Gasteiger partial charge < -0.3 is 19.1 Å². The van der Waals surface area contributed by atoms with Gasteiger partial charge in [0.15, 0.2) is 5.78 Å². The number of nitrogens with zero attached hydrogens (tertiary/aromatic N) is 2. The number of amides is 2. The van der Waals surface area contributed by atoms with Gasteiger partial charge in [-0.25, -0.2) is 13.4 Å². The minimum atomic E-state index is -6.10. The molecule has 2 aromatic rings. The smallest absolute Gasteiger partial charge is 0.427 e. The second kappa shape index (κ2) is 16.2. The van der Waals surface area contributed by atoms with Crippen LogP contribution in [0.5, 0.6) is 11.6 Å². The maximum Gasteiger partial charge on any atom is 0.427 e. The number of hydrogen-bond donors (Lipinski definition) is 1. The van der Waals surface area contributed by atoms with Crippen LogP contribution in [0.4, 0.5) is 13.2 Å². The number of halogens is 3. The highest BCUT2D eigenvalue weighted by Gasteiger charge is 2.62. The fourth-order valence-corrected chi connectivity index (χ4v) is 9.63. The zero-order valence-corrected chi connectivity index (χ0v) is 32.8. The molecule has 3 heterocycles. The number of rotatable bonds is 10. The van der Waals surface area contributed by atoms with Crippen molar-refractivity contribution in [2.75, 3.05) is 13.7 Å². The summed E-state index contributed by atoms with van der Waals surface area (Å²) in [6.07, 6.45) is -1.57. The Morgan fingerprint density at radius 3 is 2.47 bits per heavy atom. The molecule has 57 heavy (non-hydrogen) atoms. The van der Waals surface area contributed by atoms with Crippen LogP contribution in [0.3, 0.4) is 0 Å². The normalized spacial score (nSPS) is 31.4. The van der Waals surface area contributed by atoms with Gasteiger partial charge in [0.25, 0.3) is 0 Å². The summed E-state index contributed by atoms with van der Waals surface area (Å²) in [5.74, 6) is -6.74. The van der Waals surface area contributed by atoms with Crippen LogP contribution in [-0.2, 0) is 33.9 Å². The maximum atomic E-state index is 15.1. The van der Waals surface area contributed by atoms with Gasteiger partial charge >= 0.3 is 12.1 Å². The Kier molecular flexibility index (Phi) is 9.89. The topological polar surface area (TPSA) is 158 Å². The molecule has 7 atom stereocenters. The number of fused-ring (bicyclic) bond motifs is 3. The van der Waals surface area contributed by atoms with Crippen molar-refractivity contribution in [1.29, 1.82) is 0 Å². The lowest BCUT2D eigenvalue weighted by Gasteiger charge is -2.34. The molecule has 2 aliphatic carbocycles. The molecule has 2 aliphatic heterocycles. The summed E-state index contributed by atoms with van der Waals surface area (Å²) in [6.45, 7) is -5.59. The SMILES string of the molecule is [2H]C([2H])([2H])C(OC(=O)C[C@@H]1C(=O)N2C[C@H](Oc3ncc(OC)c4ccccc34)C[C@H]2C(=O)C[C@]2(C(=O)NS(=O)(=O)C3CC3)C[C@H]2/C=C\CC[C@H](C)C[C@H]1CC)(C([2H])([2H])[2H])C(F)(F)F. The molecule has 0 radical (unpaired) electrons. The third kappa shape index (κ3) is 9.10.